The van der Waals surface area contributed by atoms with Gasteiger partial charge in [-0.3, -0.25) is 4.31 Å². The molecule has 0 aromatic heterocycles. The van der Waals surface area contributed by atoms with E-state index >= 15 is 0 Å². The van der Waals surface area contributed by atoms with E-state index in [1.807, 2.05) is 30.3 Å². The van der Waals surface area contributed by atoms with Gasteiger partial charge in [0.2, 0.25) is 0 Å². The summed E-state index contributed by atoms with van der Waals surface area (Å²) in [6, 6.07) is 15.9. The maximum Gasteiger partial charge on any atom is 0.264 e. The van der Waals surface area contributed by atoms with Crippen LogP contribution in [0.4, 0.5) is 18.9 Å². The summed E-state index contributed by atoms with van der Waals surface area (Å²) in [4.78, 5) is -0.0999. The monoisotopic (exact) mass is 449 g/mol. The summed E-state index contributed by atoms with van der Waals surface area (Å²) in [5.41, 5.74) is 1.13. The molecule has 0 aliphatic heterocycles. The average Bonchev–Trinajstić information content (AvgIpc) is 2.75. The highest BCUT2D eigenvalue weighted by Crippen LogP contribution is 2.31. The molecule has 31 heavy (non-hydrogen) atoms. The van der Waals surface area contributed by atoms with Crippen LogP contribution < -0.4 is 4.31 Å². The second kappa shape index (κ2) is 9.53. The van der Waals surface area contributed by atoms with E-state index in [9.17, 15) is 21.6 Å². The Balaban J connectivity index is 1.96. The van der Waals surface area contributed by atoms with Crippen molar-refractivity contribution in [1.82, 2.24) is 0 Å². The van der Waals surface area contributed by atoms with E-state index in [4.69, 9.17) is 4.74 Å². The Morgan fingerprint density at radius 1 is 0.903 bits per heavy atom. The van der Waals surface area contributed by atoms with E-state index in [0.29, 0.717) is 6.07 Å². The predicted molar refractivity (Wildman–Crippen MR) is 113 cm³/mol. The lowest BCUT2D eigenvalue weighted by Gasteiger charge is -2.31. The third-order valence-electron chi connectivity index (χ3n) is 4.70. The van der Waals surface area contributed by atoms with Crippen molar-refractivity contribution in [3.63, 3.8) is 0 Å². The molecule has 0 saturated heterocycles. The zero-order valence-electron chi connectivity index (χ0n) is 17.1. The fourth-order valence-corrected chi connectivity index (χ4v) is 4.74. The van der Waals surface area contributed by atoms with Crippen LogP contribution in [-0.4, -0.2) is 21.1 Å². The molecule has 0 fully saturated rings. The van der Waals surface area contributed by atoms with Crippen LogP contribution in [0.25, 0.3) is 0 Å². The topological polar surface area (TPSA) is 46.6 Å². The van der Waals surface area contributed by atoms with Crippen LogP contribution in [0.2, 0.25) is 0 Å². The molecule has 0 spiro atoms. The summed E-state index contributed by atoms with van der Waals surface area (Å²) in [6.07, 6.45) is 0. The van der Waals surface area contributed by atoms with Crippen LogP contribution in [-0.2, 0) is 21.4 Å². The smallest absolute Gasteiger partial charge is 0.264 e. The van der Waals surface area contributed by atoms with Crippen molar-refractivity contribution < 1.29 is 26.3 Å². The van der Waals surface area contributed by atoms with Gasteiger partial charge >= 0.3 is 0 Å². The molecule has 164 valence electrons. The molecule has 0 amide bonds. The first kappa shape index (κ1) is 22.8. The molecule has 0 unspecified atom stereocenters. The second-order valence-electron chi connectivity index (χ2n) is 7.16. The zero-order valence-corrected chi connectivity index (χ0v) is 17.9. The van der Waals surface area contributed by atoms with Crippen molar-refractivity contribution in [3.8, 4) is 0 Å². The molecular formula is C23H22F3NO3S. The SMILES string of the molecule is Cc1ccc(S(=O)(=O)N(c2ccc(F)c(F)c2F)[C@@H](C)COCc2ccccc2)cc1. The Morgan fingerprint density at radius 2 is 1.55 bits per heavy atom. The molecule has 3 aromatic carbocycles. The van der Waals surface area contributed by atoms with Crippen molar-refractivity contribution in [3.05, 3.63) is 95.3 Å². The van der Waals surface area contributed by atoms with Crippen LogP contribution in [0.1, 0.15) is 18.1 Å². The van der Waals surface area contributed by atoms with Gasteiger partial charge in [-0.15, -0.1) is 0 Å². The molecule has 0 heterocycles. The Kier molecular flexibility index (Phi) is 7.02. The van der Waals surface area contributed by atoms with Crippen molar-refractivity contribution in [2.45, 2.75) is 31.4 Å². The molecule has 1 atom stereocenters. The maximum atomic E-state index is 14.6. The van der Waals surface area contributed by atoms with E-state index < -0.39 is 39.2 Å². The minimum atomic E-state index is -4.29. The summed E-state index contributed by atoms with van der Waals surface area (Å²) < 4.78 is 75.1. The molecule has 8 heteroatoms. The first-order valence-electron chi connectivity index (χ1n) is 9.58. The highest BCUT2D eigenvalue weighted by atomic mass is 32.2. The molecule has 4 nitrogen and oxygen atoms in total. The van der Waals surface area contributed by atoms with Crippen molar-refractivity contribution in [2.24, 2.45) is 0 Å². The third-order valence-corrected chi connectivity index (χ3v) is 6.64. The Bertz CT molecular complexity index is 1140. The number of halogens is 3. The lowest BCUT2D eigenvalue weighted by Crippen LogP contribution is -2.42. The number of ether oxygens (including phenoxy) is 1. The number of sulfonamides is 1. The summed E-state index contributed by atoms with van der Waals surface area (Å²) in [5.74, 6) is -4.72. The van der Waals surface area contributed by atoms with Gasteiger partial charge in [0.15, 0.2) is 17.5 Å². The van der Waals surface area contributed by atoms with Crippen molar-refractivity contribution >= 4 is 15.7 Å². The maximum absolute atomic E-state index is 14.6. The molecule has 0 N–H and O–H groups in total. The summed E-state index contributed by atoms with van der Waals surface area (Å²) in [6.45, 7) is 3.42. The average molecular weight is 449 g/mol. The number of rotatable bonds is 8. The van der Waals surface area contributed by atoms with E-state index in [0.717, 1.165) is 21.5 Å². The highest BCUT2D eigenvalue weighted by molar-refractivity contribution is 7.92. The minimum absolute atomic E-state index is 0.0988. The van der Waals surface area contributed by atoms with Crippen LogP contribution in [0.5, 0.6) is 0 Å². The number of hydrogen-bond donors (Lipinski definition) is 0. The normalized spacial score (nSPS) is 12.5. The molecule has 0 radical (unpaired) electrons. The summed E-state index contributed by atoms with van der Waals surface area (Å²) >= 11 is 0. The first-order chi connectivity index (χ1) is 14.7. The number of aryl methyl sites for hydroxylation is 1. The van der Waals surface area contributed by atoms with Gasteiger partial charge < -0.3 is 4.74 Å². The van der Waals surface area contributed by atoms with E-state index in [-0.39, 0.29) is 18.1 Å². The molecule has 0 bridgehead atoms. The Morgan fingerprint density at radius 3 is 2.19 bits per heavy atom. The van der Waals surface area contributed by atoms with Crippen molar-refractivity contribution in [2.75, 3.05) is 10.9 Å². The lowest BCUT2D eigenvalue weighted by atomic mass is 10.2. The molecule has 3 rings (SSSR count). The van der Waals surface area contributed by atoms with Crippen LogP contribution in [0, 0.1) is 24.4 Å². The summed E-state index contributed by atoms with van der Waals surface area (Å²) in [7, 11) is -4.29. The molecule has 0 aliphatic carbocycles. The predicted octanol–water partition coefficient (Wildman–Crippen LogP) is 5.21. The van der Waals surface area contributed by atoms with Gasteiger partial charge in [0.1, 0.15) is 0 Å². The van der Waals surface area contributed by atoms with Gasteiger partial charge in [-0.1, -0.05) is 48.0 Å². The Hall–Kier alpha value is -2.84. The van der Waals surface area contributed by atoms with Crippen LogP contribution in [0.3, 0.4) is 0 Å². The van der Waals surface area contributed by atoms with Gasteiger partial charge in [0, 0.05) is 0 Å². The molecular weight excluding hydrogens is 427 g/mol. The fourth-order valence-electron chi connectivity index (χ4n) is 3.10. The fraction of sp³-hybridized carbons (Fsp3) is 0.217. The number of hydrogen-bond acceptors (Lipinski definition) is 3. The number of benzene rings is 3. The van der Waals surface area contributed by atoms with Gasteiger partial charge in [-0.05, 0) is 43.7 Å². The van der Waals surface area contributed by atoms with Crippen LogP contribution >= 0.6 is 0 Å². The molecule has 3 aromatic rings. The number of nitrogens with zero attached hydrogens (tertiary/aromatic N) is 1. The van der Waals surface area contributed by atoms with Gasteiger partial charge in [0.25, 0.3) is 10.0 Å². The van der Waals surface area contributed by atoms with E-state index in [1.54, 1.807) is 19.1 Å². The highest BCUT2D eigenvalue weighted by Gasteiger charge is 2.33. The number of anilines is 1. The van der Waals surface area contributed by atoms with Crippen molar-refractivity contribution in [1.29, 1.82) is 0 Å². The van der Waals surface area contributed by atoms with E-state index in [1.165, 1.54) is 19.1 Å². The summed E-state index contributed by atoms with van der Waals surface area (Å²) in [5, 5.41) is 0. The second-order valence-corrected chi connectivity index (χ2v) is 8.97. The standard InChI is InChI=1S/C23H22F3NO3S/c1-16-8-10-19(11-9-16)31(28,29)27(21-13-12-20(24)22(25)23(21)26)17(2)14-30-15-18-6-4-3-5-7-18/h3-13,17H,14-15H2,1-2H3/t17-/m0/s1. The van der Waals surface area contributed by atoms with Gasteiger partial charge in [0.05, 0.1) is 29.8 Å². The largest absolute Gasteiger partial charge is 0.375 e. The van der Waals surface area contributed by atoms with Gasteiger partial charge in [-0.2, -0.15) is 0 Å². The van der Waals surface area contributed by atoms with E-state index in [2.05, 4.69) is 0 Å². The van der Waals surface area contributed by atoms with Crippen LogP contribution in [0.15, 0.2) is 71.6 Å². The third kappa shape index (κ3) is 5.08. The Labute approximate surface area is 180 Å². The minimum Gasteiger partial charge on any atom is -0.375 e. The molecule has 0 saturated carbocycles. The quantitative estimate of drug-likeness (QED) is 0.444. The molecule has 0 aliphatic rings. The zero-order chi connectivity index (χ0) is 22.6. The van der Waals surface area contributed by atoms with Gasteiger partial charge in [-0.25, -0.2) is 21.6 Å². The lowest BCUT2D eigenvalue weighted by molar-refractivity contribution is 0.112. The first-order valence-corrected chi connectivity index (χ1v) is 11.0.